The normalized spacial score (nSPS) is 13.9. The molecule has 0 aliphatic carbocycles. The van der Waals surface area contributed by atoms with Crippen LogP contribution in [0.2, 0.25) is 10.0 Å². The predicted octanol–water partition coefficient (Wildman–Crippen LogP) is 6.90. The molecule has 0 spiro atoms. The van der Waals surface area contributed by atoms with Crippen molar-refractivity contribution < 1.29 is 9.59 Å². The van der Waals surface area contributed by atoms with Crippen LogP contribution >= 0.6 is 23.2 Å². The zero-order chi connectivity index (χ0) is 23.0. The maximum atomic E-state index is 12.8. The van der Waals surface area contributed by atoms with Gasteiger partial charge in [-0.05, 0) is 56.0 Å². The molecule has 0 fully saturated rings. The van der Waals surface area contributed by atoms with Gasteiger partial charge in [0.05, 0.1) is 15.6 Å². The minimum atomic E-state index is -0.352. The van der Waals surface area contributed by atoms with Crippen molar-refractivity contribution in [2.24, 2.45) is 5.41 Å². The van der Waals surface area contributed by atoms with Crippen molar-refractivity contribution in [1.82, 2.24) is 5.32 Å². The van der Waals surface area contributed by atoms with Crippen molar-refractivity contribution in [1.29, 1.82) is 0 Å². The summed E-state index contributed by atoms with van der Waals surface area (Å²) in [6, 6.07) is 12.5. The molecular weight excluding hydrogens is 431 g/mol. The standard InChI is InChI=1S/C25H32Cl2N2O2/c1-5-7-15-25(4,6-2)24(31)28-17(3)16-18-11-13-19(14-12-18)29-23(30)22-20(26)9-8-10-21(22)27/h8-14,17H,5-7,15-16H2,1-4H3,(H,28,31)(H,29,30). The molecule has 4 nitrogen and oxygen atoms in total. The molecule has 0 saturated carbocycles. The van der Waals surface area contributed by atoms with Crippen LogP contribution in [0.4, 0.5) is 5.69 Å². The molecule has 2 aromatic carbocycles. The lowest BCUT2D eigenvalue weighted by Crippen LogP contribution is -2.43. The molecule has 2 atom stereocenters. The van der Waals surface area contributed by atoms with Gasteiger partial charge in [0.25, 0.3) is 5.91 Å². The number of hydrogen-bond acceptors (Lipinski definition) is 2. The highest BCUT2D eigenvalue weighted by molar-refractivity contribution is 6.40. The number of hydrogen-bond donors (Lipinski definition) is 2. The minimum Gasteiger partial charge on any atom is -0.353 e. The molecule has 2 aromatic rings. The topological polar surface area (TPSA) is 58.2 Å². The third kappa shape index (κ3) is 6.98. The van der Waals surface area contributed by atoms with Crippen molar-refractivity contribution in [3.63, 3.8) is 0 Å². The smallest absolute Gasteiger partial charge is 0.258 e. The third-order valence-corrected chi connectivity index (χ3v) is 6.36. The average Bonchev–Trinajstić information content (AvgIpc) is 2.73. The van der Waals surface area contributed by atoms with Crippen LogP contribution in [0.15, 0.2) is 42.5 Å². The third-order valence-electron chi connectivity index (χ3n) is 5.73. The fraction of sp³-hybridized carbons (Fsp3) is 0.440. The fourth-order valence-corrected chi connectivity index (χ4v) is 4.02. The first-order valence-corrected chi connectivity index (χ1v) is 11.6. The van der Waals surface area contributed by atoms with E-state index >= 15 is 0 Å². The van der Waals surface area contributed by atoms with Gasteiger partial charge in [0.2, 0.25) is 5.91 Å². The van der Waals surface area contributed by atoms with Gasteiger partial charge in [0.1, 0.15) is 0 Å². The summed E-state index contributed by atoms with van der Waals surface area (Å²) >= 11 is 12.2. The van der Waals surface area contributed by atoms with Crippen molar-refractivity contribution in [2.45, 2.75) is 65.8 Å². The predicted molar refractivity (Wildman–Crippen MR) is 130 cm³/mol. The summed E-state index contributed by atoms with van der Waals surface area (Å²) in [5.74, 6) is -0.230. The molecular formula is C25H32Cl2N2O2. The molecule has 0 saturated heterocycles. The van der Waals surface area contributed by atoms with Gasteiger partial charge in [-0.3, -0.25) is 9.59 Å². The molecule has 2 amide bonds. The van der Waals surface area contributed by atoms with E-state index in [9.17, 15) is 9.59 Å². The molecule has 168 valence electrons. The van der Waals surface area contributed by atoms with Gasteiger partial charge in [-0.25, -0.2) is 0 Å². The monoisotopic (exact) mass is 462 g/mol. The van der Waals surface area contributed by atoms with Crippen molar-refractivity contribution in [3.05, 3.63) is 63.6 Å². The van der Waals surface area contributed by atoms with Crippen LogP contribution < -0.4 is 10.6 Å². The number of unbranched alkanes of at least 4 members (excludes halogenated alkanes) is 1. The highest BCUT2D eigenvalue weighted by Crippen LogP contribution is 2.29. The van der Waals surface area contributed by atoms with Gasteiger partial charge < -0.3 is 10.6 Å². The van der Waals surface area contributed by atoms with Crippen molar-refractivity contribution in [3.8, 4) is 0 Å². The summed E-state index contributed by atoms with van der Waals surface area (Å²) < 4.78 is 0. The Kier molecular flexibility index (Phi) is 9.39. The van der Waals surface area contributed by atoms with Gasteiger partial charge in [-0.1, -0.05) is 75.0 Å². The molecule has 2 N–H and O–H groups in total. The van der Waals surface area contributed by atoms with Gasteiger partial charge in [-0.2, -0.15) is 0 Å². The number of nitrogens with one attached hydrogen (secondary N) is 2. The van der Waals surface area contributed by atoms with E-state index in [4.69, 9.17) is 23.2 Å². The van der Waals surface area contributed by atoms with E-state index in [0.717, 1.165) is 31.2 Å². The van der Waals surface area contributed by atoms with Crippen molar-refractivity contribution in [2.75, 3.05) is 5.32 Å². The number of carbonyl (C=O) groups excluding carboxylic acids is 2. The number of anilines is 1. The Labute approximate surface area is 195 Å². The highest BCUT2D eigenvalue weighted by Gasteiger charge is 2.31. The Morgan fingerprint density at radius 3 is 2.19 bits per heavy atom. The summed E-state index contributed by atoms with van der Waals surface area (Å²) in [4.78, 5) is 25.3. The van der Waals surface area contributed by atoms with E-state index < -0.39 is 0 Å². The minimum absolute atomic E-state index is 0.0161. The van der Waals surface area contributed by atoms with Crippen LogP contribution in [0.1, 0.15) is 69.3 Å². The maximum absolute atomic E-state index is 12.8. The summed E-state index contributed by atoms with van der Waals surface area (Å²) in [5.41, 5.74) is 1.67. The molecule has 0 radical (unpaired) electrons. The van der Waals surface area contributed by atoms with Gasteiger partial charge in [0.15, 0.2) is 0 Å². The van der Waals surface area contributed by atoms with E-state index in [0.29, 0.717) is 22.2 Å². The van der Waals surface area contributed by atoms with Crippen LogP contribution in [0.5, 0.6) is 0 Å². The van der Waals surface area contributed by atoms with E-state index in [-0.39, 0.29) is 28.8 Å². The fourth-order valence-electron chi connectivity index (χ4n) is 3.45. The highest BCUT2D eigenvalue weighted by atomic mass is 35.5. The van der Waals surface area contributed by atoms with E-state index in [1.54, 1.807) is 18.2 Å². The average molecular weight is 463 g/mol. The van der Waals surface area contributed by atoms with Crippen LogP contribution in [-0.2, 0) is 11.2 Å². The SMILES string of the molecule is CCCCC(C)(CC)C(=O)NC(C)Cc1ccc(NC(=O)c2c(Cl)cccc2Cl)cc1. The first-order chi connectivity index (χ1) is 14.7. The number of halogens is 2. The Balaban J connectivity index is 1.96. The first kappa shape index (κ1) is 25.2. The lowest BCUT2D eigenvalue weighted by atomic mass is 9.81. The Hall–Kier alpha value is -2.04. The zero-order valence-electron chi connectivity index (χ0n) is 18.7. The van der Waals surface area contributed by atoms with Crippen LogP contribution in [0.3, 0.4) is 0 Å². The number of rotatable bonds is 10. The van der Waals surface area contributed by atoms with Crippen LogP contribution in [0, 0.1) is 5.41 Å². The summed E-state index contributed by atoms with van der Waals surface area (Å²) in [6.07, 6.45) is 4.59. The van der Waals surface area contributed by atoms with Crippen molar-refractivity contribution >= 4 is 40.7 Å². The van der Waals surface area contributed by atoms with Gasteiger partial charge in [-0.15, -0.1) is 0 Å². The molecule has 2 unspecified atom stereocenters. The Morgan fingerprint density at radius 1 is 1.03 bits per heavy atom. The van der Waals surface area contributed by atoms with Gasteiger partial charge >= 0.3 is 0 Å². The zero-order valence-corrected chi connectivity index (χ0v) is 20.2. The second-order valence-corrected chi connectivity index (χ2v) is 9.16. The Bertz CT molecular complexity index is 879. The van der Waals surface area contributed by atoms with Crippen LogP contribution in [-0.4, -0.2) is 17.9 Å². The molecule has 0 aliphatic rings. The molecule has 0 bridgehead atoms. The summed E-state index contributed by atoms with van der Waals surface area (Å²) in [5, 5.41) is 6.61. The molecule has 2 rings (SSSR count). The lowest BCUT2D eigenvalue weighted by Gasteiger charge is -2.29. The summed E-state index contributed by atoms with van der Waals surface area (Å²) in [6.45, 7) is 8.28. The van der Waals surface area contributed by atoms with Crippen LogP contribution in [0.25, 0.3) is 0 Å². The van der Waals surface area contributed by atoms with Gasteiger partial charge in [0, 0.05) is 17.1 Å². The first-order valence-electron chi connectivity index (χ1n) is 10.9. The molecule has 0 aliphatic heterocycles. The van der Waals surface area contributed by atoms with E-state index in [2.05, 4.69) is 24.5 Å². The molecule has 31 heavy (non-hydrogen) atoms. The number of carbonyl (C=O) groups is 2. The quantitative estimate of drug-likeness (QED) is 0.403. The lowest BCUT2D eigenvalue weighted by molar-refractivity contribution is -0.131. The largest absolute Gasteiger partial charge is 0.353 e. The number of benzene rings is 2. The van der Waals surface area contributed by atoms with E-state index in [1.807, 2.05) is 38.1 Å². The van der Waals surface area contributed by atoms with E-state index in [1.165, 1.54) is 0 Å². The number of amides is 2. The maximum Gasteiger partial charge on any atom is 0.258 e. The second-order valence-electron chi connectivity index (χ2n) is 8.34. The summed E-state index contributed by atoms with van der Waals surface area (Å²) in [7, 11) is 0. The molecule has 6 heteroatoms. The Morgan fingerprint density at radius 2 is 1.65 bits per heavy atom. The molecule has 0 aromatic heterocycles. The second kappa shape index (κ2) is 11.5. The molecule has 0 heterocycles.